The number of piperidine rings is 1. The molecule has 1 aliphatic heterocycles. The average Bonchev–Trinajstić information content (AvgIpc) is 2.36. The highest BCUT2D eigenvalue weighted by molar-refractivity contribution is 5.78. The van der Waals surface area contributed by atoms with Crippen molar-refractivity contribution in [3.63, 3.8) is 0 Å². The lowest BCUT2D eigenvalue weighted by atomic mass is 9.89. The Hall–Kier alpha value is -0.610. The first-order valence-electron chi connectivity index (χ1n) is 8.01. The summed E-state index contributed by atoms with van der Waals surface area (Å²) in [4.78, 5) is 14.1. The maximum atomic E-state index is 12.2. The molecule has 118 valence electrons. The zero-order valence-corrected chi connectivity index (χ0v) is 13.7. The summed E-state index contributed by atoms with van der Waals surface area (Å²) in [6, 6.07) is 0.310. The summed E-state index contributed by atoms with van der Waals surface area (Å²) in [5.41, 5.74) is 0. The highest BCUT2D eigenvalue weighted by atomic mass is 16.3. The number of aliphatic hydroxyl groups is 1. The molecular formula is C16H32N2O2. The van der Waals surface area contributed by atoms with Gasteiger partial charge in [0.2, 0.25) is 5.91 Å². The predicted octanol–water partition coefficient (Wildman–Crippen LogP) is 1.88. The molecule has 4 heteroatoms. The quantitative estimate of drug-likeness (QED) is 0.783. The molecule has 0 aromatic rings. The van der Waals surface area contributed by atoms with E-state index in [1.54, 1.807) is 0 Å². The van der Waals surface area contributed by atoms with Crippen LogP contribution in [-0.4, -0.2) is 47.7 Å². The van der Waals surface area contributed by atoms with Crippen molar-refractivity contribution in [2.24, 2.45) is 17.8 Å². The minimum atomic E-state index is -0.354. The van der Waals surface area contributed by atoms with Gasteiger partial charge >= 0.3 is 0 Å². The first-order chi connectivity index (χ1) is 9.31. The van der Waals surface area contributed by atoms with E-state index >= 15 is 0 Å². The van der Waals surface area contributed by atoms with E-state index < -0.39 is 0 Å². The first kappa shape index (κ1) is 17.4. The Morgan fingerprint density at radius 1 is 1.25 bits per heavy atom. The molecular weight excluding hydrogens is 252 g/mol. The van der Waals surface area contributed by atoms with Crippen LogP contribution in [0.25, 0.3) is 0 Å². The highest BCUT2D eigenvalue weighted by Crippen LogP contribution is 2.22. The van der Waals surface area contributed by atoms with Crippen LogP contribution in [0.5, 0.6) is 0 Å². The maximum absolute atomic E-state index is 12.2. The number of carbonyl (C=O) groups excluding carboxylic acids is 1. The molecule has 0 saturated carbocycles. The summed E-state index contributed by atoms with van der Waals surface area (Å²) in [5.74, 6) is 1.10. The van der Waals surface area contributed by atoms with Crippen molar-refractivity contribution in [2.75, 3.05) is 19.6 Å². The Balaban J connectivity index is 2.58. The van der Waals surface area contributed by atoms with Crippen LogP contribution in [0.2, 0.25) is 0 Å². The molecule has 0 bridgehead atoms. The lowest BCUT2D eigenvalue weighted by molar-refractivity contribution is -0.137. The third-order valence-corrected chi connectivity index (χ3v) is 4.13. The molecule has 3 unspecified atom stereocenters. The number of hydrogen-bond donors (Lipinski definition) is 2. The molecule has 20 heavy (non-hydrogen) atoms. The number of rotatable bonds is 6. The number of aliphatic hydroxyl groups excluding tert-OH is 1. The summed E-state index contributed by atoms with van der Waals surface area (Å²) in [6.07, 6.45) is 1.75. The van der Waals surface area contributed by atoms with E-state index in [4.69, 9.17) is 0 Å². The first-order valence-corrected chi connectivity index (χ1v) is 8.01. The number of amides is 1. The molecule has 1 saturated heterocycles. The molecule has 1 heterocycles. The van der Waals surface area contributed by atoms with Crippen molar-refractivity contribution in [3.8, 4) is 0 Å². The molecule has 1 amide bonds. The third kappa shape index (κ3) is 5.41. The van der Waals surface area contributed by atoms with E-state index in [9.17, 15) is 9.90 Å². The minimum Gasteiger partial charge on any atom is -0.393 e. The van der Waals surface area contributed by atoms with E-state index in [1.807, 2.05) is 25.7 Å². The van der Waals surface area contributed by atoms with Gasteiger partial charge < -0.3 is 15.3 Å². The lowest BCUT2D eigenvalue weighted by Crippen LogP contribution is -2.54. The van der Waals surface area contributed by atoms with Gasteiger partial charge in [0, 0.05) is 31.0 Å². The van der Waals surface area contributed by atoms with E-state index in [0.717, 1.165) is 25.9 Å². The number of nitrogens with one attached hydrogen (secondary N) is 1. The van der Waals surface area contributed by atoms with E-state index in [2.05, 4.69) is 19.2 Å². The summed E-state index contributed by atoms with van der Waals surface area (Å²) >= 11 is 0. The number of hydrogen-bond acceptors (Lipinski definition) is 3. The summed E-state index contributed by atoms with van der Waals surface area (Å²) in [5, 5.41) is 13.4. The largest absolute Gasteiger partial charge is 0.393 e. The smallest absolute Gasteiger partial charge is 0.225 e. The molecule has 1 aliphatic rings. The minimum absolute atomic E-state index is 0.0269. The molecule has 2 N–H and O–H groups in total. The van der Waals surface area contributed by atoms with Crippen LogP contribution >= 0.6 is 0 Å². The van der Waals surface area contributed by atoms with Crippen LogP contribution in [0.1, 0.15) is 47.5 Å². The number of carbonyl (C=O) groups is 1. The van der Waals surface area contributed by atoms with Crippen LogP contribution in [0, 0.1) is 17.8 Å². The molecule has 0 aromatic carbocycles. The SMILES string of the molecule is CC(C)CCNC1CC(C(C)O)CN(C(=O)C(C)C)C1. The molecule has 3 atom stereocenters. The lowest BCUT2D eigenvalue weighted by Gasteiger charge is -2.40. The van der Waals surface area contributed by atoms with Gasteiger partial charge in [-0.3, -0.25) is 4.79 Å². The molecule has 0 aromatic heterocycles. The molecule has 1 fully saturated rings. The van der Waals surface area contributed by atoms with Crippen LogP contribution < -0.4 is 5.32 Å². The summed E-state index contributed by atoms with van der Waals surface area (Å²) in [7, 11) is 0. The topological polar surface area (TPSA) is 52.6 Å². The number of nitrogens with zero attached hydrogens (tertiary/aromatic N) is 1. The van der Waals surface area contributed by atoms with Crippen LogP contribution in [-0.2, 0) is 4.79 Å². The molecule has 0 radical (unpaired) electrons. The fraction of sp³-hybridized carbons (Fsp3) is 0.938. The van der Waals surface area contributed by atoms with Gasteiger partial charge in [0.25, 0.3) is 0 Å². The van der Waals surface area contributed by atoms with Crippen molar-refractivity contribution in [1.82, 2.24) is 10.2 Å². The van der Waals surface area contributed by atoms with E-state index in [-0.39, 0.29) is 23.8 Å². The van der Waals surface area contributed by atoms with Gasteiger partial charge in [-0.05, 0) is 32.2 Å². The monoisotopic (exact) mass is 284 g/mol. The van der Waals surface area contributed by atoms with Crippen LogP contribution in [0.3, 0.4) is 0 Å². The van der Waals surface area contributed by atoms with E-state index in [0.29, 0.717) is 18.5 Å². The predicted molar refractivity (Wildman–Crippen MR) is 82.5 cm³/mol. The maximum Gasteiger partial charge on any atom is 0.225 e. The Labute approximate surface area is 123 Å². The molecule has 1 rings (SSSR count). The van der Waals surface area contributed by atoms with Gasteiger partial charge in [-0.2, -0.15) is 0 Å². The Morgan fingerprint density at radius 2 is 1.90 bits per heavy atom. The standard InChI is InChI=1S/C16H32N2O2/c1-11(2)6-7-17-15-8-14(13(5)19)9-18(10-15)16(20)12(3)4/h11-15,17,19H,6-10H2,1-5H3. The van der Waals surface area contributed by atoms with Gasteiger partial charge in [-0.15, -0.1) is 0 Å². The second-order valence-electron chi connectivity index (χ2n) is 6.97. The van der Waals surface area contributed by atoms with Gasteiger partial charge in [-0.25, -0.2) is 0 Å². The summed E-state index contributed by atoms with van der Waals surface area (Å²) < 4.78 is 0. The zero-order chi connectivity index (χ0) is 15.3. The van der Waals surface area contributed by atoms with Crippen LogP contribution in [0.4, 0.5) is 0 Å². The van der Waals surface area contributed by atoms with Crippen molar-refractivity contribution in [3.05, 3.63) is 0 Å². The normalized spacial score (nSPS) is 25.3. The van der Waals surface area contributed by atoms with Crippen LogP contribution in [0.15, 0.2) is 0 Å². The Morgan fingerprint density at radius 3 is 2.40 bits per heavy atom. The van der Waals surface area contributed by atoms with Gasteiger partial charge in [0.1, 0.15) is 0 Å². The second kappa shape index (κ2) is 7.99. The Bertz CT molecular complexity index is 303. The average molecular weight is 284 g/mol. The van der Waals surface area contributed by atoms with E-state index in [1.165, 1.54) is 0 Å². The van der Waals surface area contributed by atoms with Crippen molar-refractivity contribution in [2.45, 2.75) is 59.6 Å². The molecule has 4 nitrogen and oxygen atoms in total. The Kier molecular flexibility index (Phi) is 6.96. The van der Waals surface area contributed by atoms with Gasteiger partial charge in [0.05, 0.1) is 6.10 Å². The summed E-state index contributed by atoms with van der Waals surface area (Å²) in [6.45, 7) is 12.6. The third-order valence-electron chi connectivity index (χ3n) is 4.13. The number of likely N-dealkylation sites (tertiary alicyclic amines) is 1. The van der Waals surface area contributed by atoms with Crippen molar-refractivity contribution in [1.29, 1.82) is 0 Å². The fourth-order valence-electron chi connectivity index (χ4n) is 2.76. The van der Waals surface area contributed by atoms with Gasteiger partial charge in [0.15, 0.2) is 0 Å². The fourth-order valence-corrected chi connectivity index (χ4v) is 2.76. The highest BCUT2D eigenvalue weighted by Gasteiger charge is 2.32. The zero-order valence-electron chi connectivity index (χ0n) is 13.7. The molecule has 0 aliphatic carbocycles. The van der Waals surface area contributed by atoms with Crippen molar-refractivity contribution < 1.29 is 9.90 Å². The second-order valence-corrected chi connectivity index (χ2v) is 6.97. The van der Waals surface area contributed by atoms with Crippen molar-refractivity contribution >= 4 is 5.91 Å². The van der Waals surface area contributed by atoms with Gasteiger partial charge in [-0.1, -0.05) is 27.7 Å². The molecule has 0 spiro atoms.